The van der Waals surface area contributed by atoms with Crippen LogP contribution >= 0.6 is 0 Å². The number of sulfonamides is 1. The monoisotopic (exact) mass is 686 g/mol. The Morgan fingerprint density at radius 3 is 2.45 bits per heavy atom. The minimum absolute atomic E-state index is 0.0145. The largest absolute Gasteiger partial charge is 0.445 e. The van der Waals surface area contributed by atoms with Gasteiger partial charge in [-0.1, -0.05) is 47.9 Å². The number of hydrogen-bond acceptors (Lipinski definition) is 8. The number of halogens is 1. The maximum absolute atomic E-state index is 14.9. The van der Waals surface area contributed by atoms with Gasteiger partial charge in [-0.2, -0.15) is 0 Å². The van der Waals surface area contributed by atoms with Gasteiger partial charge >= 0.3 is 11.8 Å². The van der Waals surface area contributed by atoms with Crippen LogP contribution in [0, 0.1) is 5.82 Å². The number of ether oxygens (including phenoxy) is 1. The summed E-state index contributed by atoms with van der Waals surface area (Å²) in [7, 11) is -0.864. The number of nitrogens with one attached hydrogen (secondary N) is 3. The highest BCUT2D eigenvalue weighted by atomic mass is 32.2. The molecule has 0 radical (unpaired) electrons. The van der Waals surface area contributed by atoms with Crippen molar-refractivity contribution in [2.45, 2.75) is 25.5 Å². The van der Waals surface area contributed by atoms with Crippen LogP contribution in [0.3, 0.4) is 0 Å². The van der Waals surface area contributed by atoms with Gasteiger partial charge < -0.3 is 15.4 Å². The highest BCUT2D eigenvalue weighted by molar-refractivity contribution is 7.92. The number of anilines is 3. The lowest BCUT2D eigenvalue weighted by Crippen LogP contribution is -2.41. The van der Waals surface area contributed by atoms with Gasteiger partial charge in [0, 0.05) is 25.7 Å². The van der Waals surface area contributed by atoms with Crippen molar-refractivity contribution in [3.63, 3.8) is 0 Å². The van der Waals surface area contributed by atoms with E-state index >= 15 is 0 Å². The second-order valence-electron chi connectivity index (χ2n) is 11.7. The van der Waals surface area contributed by atoms with Crippen molar-refractivity contribution >= 4 is 57.5 Å². The van der Waals surface area contributed by atoms with E-state index in [1.54, 1.807) is 38.2 Å². The molecule has 1 saturated carbocycles. The Hall–Kier alpha value is -5.64. The average molecular weight is 687 g/mol. The fourth-order valence-electron chi connectivity index (χ4n) is 5.42. The predicted molar refractivity (Wildman–Crippen MR) is 187 cm³/mol. The Morgan fingerprint density at radius 1 is 0.980 bits per heavy atom. The van der Waals surface area contributed by atoms with Crippen LogP contribution in [-0.4, -0.2) is 48.4 Å². The molecule has 2 aromatic heterocycles. The first-order chi connectivity index (χ1) is 23.4. The Kier molecular flexibility index (Phi) is 9.15. The van der Waals surface area contributed by atoms with Crippen LogP contribution in [0.2, 0.25) is 0 Å². The van der Waals surface area contributed by atoms with Crippen molar-refractivity contribution < 1.29 is 22.3 Å². The minimum Gasteiger partial charge on any atom is -0.445 e. The SMILES string of the molecule is Bc1ccc(Nc2cc(=O)n(C)c3c2c(=O)n(C2CC2)c(=O)n3-c2cccc(NS(=O)(=O)CCNC(=O)OCc3ccccc3)c2)c(F)c1. The van der Waals surface area contributed by atoms with Gasteiger partial charge in [0.05, 0.1) is 28.5 Å². The van der Waals surface area contributed by atoms with Gasteiger partial charge in [0.15, 0.2) is 0 Å². The molecule has 3 N–H and O–H groups in total. The van der Waals surface area contributed by atoms with Crippen LogP contribution < -0.4 is 37.6 Å². The molecule has 16 heteroatoms. The van der Waals surface area contributed by atoms with Crippen LogP contribution in [0.4, 0.5) is 26.2 Å². The Morgan fingerprint density at radius 2 is 1.73 bits per heavy atom. The average Bonchev–Trinajstić information content (AvgIpc) is 3.89. The van der Waals surface area contributed by atoms with E-state index in [-0.39, 0.29) is 53.0 Å². The van der Waals surface area contributed by atoms with Crippen LogP contribution in [0.15, 0.2) is 93.2 Å². The van der Waals surface area contributed by atoms with Crippen LogP contribution in [0.1, 0.15) is 24.4 Å². The number of amides is 1. The highest BCUT2D eigenvalue weighted by Gasteiger charge is 2.31. The molecule has 0 saturated heterocycles. The number of benzene rings is 3. The molecule has 1 fully saturated rings. The molecule has 0 spiro atoms. The van der Waals surface area contributed by atoms with Crippen molar-refractivity contribution in [3.8, 4) is 5.69 Å². The summed E-state index contributed by atoms with van der Waals surface area (Å²) < 4.78 is 51.8. The van der Waals surface area contributed by atoms with E-state index in [2.05, 4.69) is 15.4 Å². The van der Waals surface area contributed by atoms with E-state index < -0.39 is 44.5 Å². The van der Waals surface area contributed by atoms with Gasteiger partial charge in [-0.25, -0.2) is 27.0 Å². The molecule has 1 aliphatic rings. The van der Waals surface area contributed by atoms with E-state index in [4.69, 9.17) is 4.74 Å². The standard InChI is InChI=1S/C33H32BFN6O7S/c1-39-28(42)18-27(37-26-13-10-21(34)16-25(26)35)29-30(39)40(33(45)41(31(29)43)23-11-12-23)24-9-5-8-22(17-24)38-49(46,47)15-14-36-32(44)48-19-20-6-3-2-4-7-20/h2-10,13,16-18,23,37-38H,11-12,14-15,19,34H2,1H3,(H,36,44). The third kappa shape index (κ3) is 7.28. The van der Waals surface area contributed by atoms with Gasteiger partial charge in [-0.15, -0.1) is 0 Å². The van der Waals surface area contributed by atoms with Crippen molar-refractivity contribution in [2.75, 3.05) is 22.3 Å². The number of hydrogen-bond donors (Lipinski definition) is 3. The molecule has 2 heterocycles. The number of nitrogens with zero attached hydrogens (tertiary/aromatic N) is 3. The fraction of sp³-hybridized carbons (Fsp3) is 0.212. The van der Waals surface area contributed by atoms with E-state index in [1.807, 2.05) is 6.07 Å². The molecule has 0 unspecified atom stereocenters. The topological polar surface area (TPSA) is 163 Å². The second kappa shape index (κ2) is 13.5. The summed E-state index contributed by atoms with van der Waals surface area (Å²) in [4.78, 5) is 53.2. The Labute approximate surface area is 280 Å². The third-order valence-electron chi connectivity index (χ3n) is 7.99. The number of fused-ring (bicyclic) bond motifs is 1. The van der Waals surface area contributed by atoms with Crippen LogP contribution in [0.5, 0.6) is 0 Å². The van der Waals surface area contributed by atoms with E-state index in [0.717, 1.165) is 14.7 Å². The molecule has 1 aliphatic carbocycles. The molecule has 0 atom stereocenters. The number of rotatable bonds is 11. The molecule has 0 bridgehead atoms. The minimum atomic E-state index is -3.99. The van der Waals surface area contributed by atoms with E-state index in [1.165, 1.54) is 54.1 Å². The molecule has 3 aromatic carbocycles. The number of aryl methyl sites for hydroxylation is 1. The van der Waals surface area contributed by atoms with Crippen molar-refractivity contribution in [1.29, 1.82) is 0 Å². The Balaban J connectivity index is 1.32. The first kappa shape index (κ1) is 33.3. The molecule has 0 aliphatic heterocycles. The van der Waals surface area contributed by atoms with Gasteiger partial charge in [0.2, 0.25) is 10.0 Å². The van der Waals surface area contributed by atoms with Crippen LogP contribution in [0.25, 0.3) is 16.7 Å². The third-order valence-corrected chi connectivity index (χ3v) is 9.28. The zero-order valence-corrected chi connectivity index (χ0v) is 27.4. The smallest absolute Gasteiger partial charge is 0.407 e. The van der Waals surface area contributed by atoms with E-state index in [0.29, 0.717) is 18.3 Å². The molecular formula is C33H32BFN6O7S. The second-order valence-corrected chi connectivity index (χ2v) is 13.6. The van der Waals surface area contributed by atoms with E-state index in [9.17, 15) is 32.0 Å². The molecule has 252 valence electrons. The molecule has 6 rings (SSSR count). The lowest BCUT2D eigenvalue weighted by molar-refractivity contribution is 0.140. The maximum Gasteiger partial charge on any atom is 0.407 e. The molecule has 49 heavy (non-hydrogen) atoms. The quantitative estimate of drug-likeness (QED) is 0.178. The zero-order valence-electron chi connectivity index (χ0n) is 26.6. The number of carbonyl (C=O) groups excluding carboxylic acids is 1. The maximum atomic E-state index is 14.9. The summed E-state index contributed by atoms with van der Waals surface area (Å²) in [5.74, 6) is -1.07. The molecular weight excluding hydrogens is 654 g/mol. The summed E-state index contributed by atoms with van der Waals surface area (Å²) in [6.45, 7) is -0.211. The number of alkyl carbamates (subject to hydrolysis) is 1. The fourth-order valence-corrected chi connectivity index (χ4v) is 6.38. The van der Waals surface area contributed by atoms with Crippen molar-refractivity contribution in [2.24, 2.45) is 7.05 Å². The summed E-state index contributed by atoms with van der Waals surface area (Å²) in [5, 5.41) is 5.26. The normalized spacial score (nSPS) is 12.9. The van der Waals surface area contributed by atoms with Crippen molar-refractivity contribution in [3.05, 3.63) is 121 Å². The number of aromatic nitrogens is 3. The summed E-state index contributed by atoms with van der Waals surface area (Å²) in [5.41, 5.74) is -0.239. The van der Waals surface area contributed by atoms with Crippen LogP contribution in [-0.2, 0) is 28.4 Å². The molecule has 13 nitrogen and oxygen atoms in total. The first-order valence-electron chi connectivity index (χ1n) is 15.4. The predicted octanol–water partition coefficient (Wildman–Crippen LogP) is 2.00. The lowest BCUT2D eigenvalue weighted by atomic mass is 9.96. The molecule has 5 aromatic rings. The lowest BCUT2D eigenvalue weighted by Gasteiger charge is -2.19. The number of pyridine rings is 1. The Bertz CT molecular complexity index is 2370. The van der Waals surface area contributed by atoms with Gasteiger partial charge in [-0.3, -0.25) is 23.4 Å². The highest BCUT2D eigenvalue weighted by Crippen LogP contribution is 2.33. The summed E-state index contributed by atoms with van der Waals surface area (Å²) >= 11 is 0. The van der Waals surface area contributed by atoms with Gasteiger partial charge in [0.25, 0.3) is 11.1 Å². The van der Waals surface area contributed by atoms with Gasteiger partial charge in [0.1, 0.15) is 31.3 Å². The molecule has 1 amide bonds. The summed E-state index contributed by atoms with van der Waals surface area (Å²) in [6.07, 6.45) is 0.410. The van der Waals surface area contributed by atoms with Crippen molar-refractivity contribution in [1.82, 2.24) is 19.0 Å². The summed E-state index contributed by atoms with van der Waals surface area (Å²) in [6, 6.07) is 20.2. The zero-order chi connectivity index (χ0) is 34.9. The first-order valence-corrected chi connectivity index (χ1v) is 17.1. The number of carbonyl (C=O) groups is 1. The van der Waals surface area contributed by atoms with Gasteiger partial charge in [-0.05, 0) is 48.7 Å².